The molecule has 1 aliphatic heterocycles. The molecule has 8 heteroatoms. The summed E-state index contributed by atoms with van der Waals surface area (Å²) in [7, 11) is 0. The Morgan fingerprint density at radius 2 is 2.13 bits per heavy atom. The Bertz CT molecular complexity index is 1070. The van der Waals surface area contributed by atoms with E-state index >= 15 is 0 Å². The van der Waals surface area contributed by atoms with Crippen molar-refractivity contribution in [2.75, 3.05) is 6.54 Å². The van der Waals surface area contributed by atoms with Crippen LogP contribution in [0.4, 0.5) is 4.79 Å². The number of nitrogens with zero attached hydrogens (tertiary/aromatic N) is 4. The predicted octanol–water partition coefficient (Wildman–Crippen LogP) is 4.34. The average Bonchev–Trinajstić information content (AvgIpc) is 3.21. The molecule has 1 aliphatic carbocycles. The van der Waals surface area contributed by atoms with Gasteiger partial charge in [-0.05, 0) is 31.4 Å². The van der Waals surface area contributed by atoms with Crippen LogP contribution in [-0.2, 0) is 11.3 Å². The van der Waals surface area contributed by atoms with E-state index in [1.165, 1.54) is 0 Å². The lowest BCUT2D eigenvalue weighted by molar-refractivity contribution is -0.136. The van der Waals surface area contributed by atoms with Gasteiger partial charge in [0.05, 0.1) is 12.4 Å². The molecule has 0 N–H and O–H groups in total. The number of carbonyl (C=O) groups excluding carboxylic acids is 1. The maximum Gasteiger partial charge on any atom is 0.410 e. The normalized spacial score (nSPS) is 25.5. The van der Waals surface area contributed by atoms with Gasteiger partial charge in [-0.3, -0.25) is 0 Å². The minimum Gasteiger partial charge on any atom is -0.469 e. The summed E-state index contributed by atoms with van der Waals surface area (Å²) >= 11 is 6.14. The average molecular weight is 427 g/mol. The zero-order valence-corrected chi connectivity index (χ0v) is 17.5. The summed E-state index contributed by atoms with van der Waals surface area (Å²) in [6.45, 7) is 3.09. The topological polar surface area (TPSA) is 69.0 Å². The Kier molecular flexibility index (Phi) is 4.77. The van der Waals surface area contributed by atoms with Gasteiger partial charge in [-0.25, -0.2) is 9.31 Å². The molecular formula is C22H23ClN4O3. The van der Waals surface area contributed by atoms with E-state index in [0.29, 0.717) is 17.6 Å². The lowest BCUT2D eigenvalue weighted by atomic mass is 9.62. The molecule has 156 valence electrons. The number of fused-ring (bicyclic) bond motifs is 2. The van der Waals surface area contributed by atoms with Crippen LogP contribution in [0.2, 0.25) is 5.15 Å². The van der Waals surface area contributed by atoms with E-state index in [1.54, 1.807) is 16.9 Å². The number of hydrogen-bond donors (Lipinski definition) is 0. The summed E-state index contributed by atoms with van der Waals surface area (Å²) in [6, 6.07) is 11.7. The van der Waals surface area contributed by atoms with Crippen LogP contribution < -0.4 is 4.74 Å². The highest BCUT2D eigenvalue weighted by Gasteiger charge is 2.57. The van der Waals surface area contributed by atoms with Crippen LogP contribution >= 0.6 is 11.6 Å². The molecule has 2 aliphatic rings. The van der Waals surface area contributed by atoms with E-state index in [9.17, 15) is 4.79 Å². The van der Waals surface area contributed by atoms with Gasteiger partial charge in [0.25, 0.3) is 0 Å². The quantitative estimate of drug-likeness (QED) is 0.620. The fraction of sp³-hybridized carbons (Fsp3) is 0.409. The molecule has 2 fully saturated rings. The molecule has 3 atom stereocenters. The Morgan fingerprint density at radius 1 is 1.30 bits per heavy atom. The van der Waals surface area contributed by atoms with E-state index < -0.39 is 5.60 Å². The zero-order chi connectivity index (χ0) is 20.7. The Morgan fingerprint density at radius 3 is 2.97 bits per heavy atom. The summed E-state index contributed by atoms with van der Waals surface area (Å²) in [4.78, 5) is 19.0. The number of hydrogen-bond acceptors (Lipinski definition) is 5. The molecule has 2 aromatic heterocycles. The molecule has 1 amide bonds. The first-order valence-corrected chi connectivity index (χ1v) is 10.6. The van der Waals surface area contributed by atoms with Crippen LogP contribution in [0.5, 0.6) is 5.88 Å². The summed E-state index contributed by atoms with van der Waals surface area (Å²) < 4.78 is 13.6. The predicted molar refractivity (Wildman–Crippen MR) is 111 cm³/mol. The van der Waals surface area contributed by atoms with Crippen molar-refractivity contribution in [2.45, 2.75) is 44.4 Å². The van der Waals surface area contributed by atoms with Gasteiger partial charge in [-0.2, -0.15) is 10.1 Å². The molecule has 1 saturated carbocycles. The van der Waals surface area contributed by atoms with Gasteiger partial charge in [-0.1, -0.05) is 41.9 Å². The first-order valence-electron chi connectivity index (χ1n) is 10.2. The fourth-order valence-electron chi connectivity index (χ4n) is 4.74. The number of ether oxygens (including phenoxy) is 2. The monoisotopic (exact) mass is 426 g/mol. The Labute approximate surface area is 179 Å². The van der Waals surface area contributed by atoms with Crippen molar-refractivity contribution in [2.24, 2.45) is 5.92 Å². The van der Waals surface area contributed by atoms with Crippen LogP contribution in [-0.4, -0.2) is 43.8 Å². The van der Waals surface area contributed by atoms with Crippen LogP contribution in [0, 0.1) is 5.92 Å². The zero-order valence-electron chi connectivity index (χ0n) is 16.7. The van der Waals surface area contributed by atoms with Crippen molar-refractivity contribution in [1.82, 2.24) is 19.5 Å². The molecule has 1 saturated heterocycles. The standard InChI is InChI=1S/C22H23ClN4O3/c1-22(30-20-17-9-10-24-27(17)13-19(23)25-20)12-18-16(22)8-5-11-26(18)21(28)29-14-15-6-3-2-4-7-15/h2-4,6-7,9-10,13,16,18H,5,8,11-12,14H2,1H3/t16-,18-,22?/m1/s1. The number of carbonyl (C=O) groups is 1. The van der Waals surface area contributed by atoms with Gasteiger partial charge in [0.2, 0.25) is 5.88 Å². The highest BCUT2D eigenvalue weighted by Crippen LogP contribution is 2.49. The van der Waals surface area contributed by atoms with Gasteiger partial charge in [-0.15, -0.1) is 0 Å². The molecule has 3 aromatic rings. The summed E-state index contributed by atoms with van der Waals surface area (Å²) in [5, 5.41) is 4.55. The number of rotatable bonds is 4. The second-order valence-corrected chi connectivity index (χ2v) is 8.59. The third kappa shape index (κ3) is 3.37. The van der Waals surface area contributed by atoms with E-state index in [1.807, 2.05) is 41.3 Å². The van der Waals surface area contributed by atoms with Gasteiger partial charge in [0, 0.05) is 24.9 Å². The molecule has 5 rings (SSSR count). The molecule has 7 nitrogen and oxygen atoms in total. The van der Waals surface area contributed by atoms with Gasteiger partial charge in [0.15, 0.2) is 5.15 Å². The molecule has 0 bridgehead atoms. The number of piperidine rings is 1. The molecular weight excluding hydrogens is 404 g/mol. The first-order chi connectivity index (χ1) is 14.5. The highest BCUT2D eigenvalue weighted by molar-refractivity contribution is 6.29. The maximum atomic E-state index is 12.7. The SMILES string of the molecule is CC1(Oc2nc(Cl)cn3nccc23)C[C@@H]2[C@H]1CCCN2C(=O)OCc1ccccc1. The van der Waals surface area contributed by atoms with Crippen molar-refractivity contribution in [1.29, 1.82) is 0 Å². The summed E-state index contributed by atoms with van der Waals surface area (Å²) in [6.07, 6.45) is 5.74. The minimum atomic E-state index is -0.411. The van der Waals surface area contributed by atoms with Crippen molar-refractivity contribution in [3.63, 3.8) is 0 Å². The molecule has 30 heavy (non-hydrogen) atoms. The fourth-order valence-corrected chi connectivity index (χ4v) is 4.91. The number of halogens is 1. The smallest absolute Gasteiger partial charge is 0.410 e. The number of benzene rings is 1. The van der Waals surface area contributed by atoms with Gasteiger partial charge in [0.1, 0.15) is 17.7 Å². The summed E-state index contributed by atoms with van der Waals surface area (Å²) in [5.41, 5.74) is 1.35. The van der Waals surface area contributed by atoms with Crippen LogP contribution in [0.1, 0.15) is 31.7 Å². The lowest BCUT2D eigenvalue weighted by Gasteiger charge is -2.58. The van der Waals surface area contributed by atoms with Gasteiger partial charge >= 0.3 is 6.09 Å². The highest BCUT2D eigenvalue weighted by atomic mass is 35.5. The van der Waals surface area contributed by atoms with Gasteiger partial charge < -0.3 is 14.4 Å². The summed E-state index contributed by atoms with van der Waals surface area (Å²) in [5.74, 6) is 0.698. The van der Waals surface area contributed by atoms with Crippen molar-refractivity contribution < 1.29 is 14.3 Å². The largest absolute Gasteiger partial charge is 0.469 e. The second-order valence-electron chi connectivity index (χ2n) is 8.20. The maximum absolute atomic E-state index is 12.7. The molecule has 0 radical (unpaired) electrons. The van der Waals surface area contributed by atoms with Crippen molar-refractivity contribution in [3.05, 3.63) is 59.5 Å². The van der Waals surface area contributed by atoms with Crippen LogP contribution in [0.15, 0.2) is 48.8 Å². The third-order valence-electron chi connectivity index (χ3n) is 6.27. The number of aromatic nitrogens is 3. The van der Waals surface area contributed by atoms with E-state index in [-0.39, 0.29) is 24.7 Å². The molecule has 0 spiro atoms. The van der Waals surface area contributed by atoms with Crippen LogP contribution in [0.3, 0.4) is 0 Å². The first kappa shape index (κ1) is 19.2. The van der Waals surface area contributed by atoms with Crippen molar-refractivity contribution >= 4 is 23.2 Å². The van der Waals surface area contributed by atoms with E-state index in [4.69, 9.17) is 21.1 Å². The molecule has 3 heterocycles. The Hall–Kier alpha value is -2.80. The Balaban J connectivity index is 1.28. The second kappa shape index (κ2) is 7.47. The number of likely N-dealkylation sites (tertiary alicyclic amines) is 1. The van der Waals surface area contributed by atoms with Crippen LogP contribution in [0.25, 0.3) is 5.52 Å². The number of amides is 1. The molecule has 1 aromatic carbocycles. The minimum absolute atomic E-state index is 0.118. The lowest BCUT2D eigenvalue weighted by Crippen LogP contribution is -2.67. The van der Waals surface area contributed by atoms with E-state index in [2.05, 4.69) is 17.0 Å². The van der Waals surface area contributed by atoms with E-state index in [0.717, 1.165) is 30.3 Å². The third-order valence-corrected chi connectivity index (χ3v) is 6.46. The molecule has 1 unspecified atom stereocenters. The van der Waals surface area contributed by atoms with Crippen molar-refractivity contribution in [3.8, 4) is 5.88 Å².